The van der Waals surface area contributed by atoms with E-state index in [0.29, 0.717) is 28.9 Å². The van der Waals surface area contributed by atoms with Crippen molar-refractivity contribution in [2.24, 2.45) is 0 Å². The monoisotopic (exact) mass is 454 g/mol. The van der Waals surface area contributed by atoms with Crippen LogP contribution in [-0.4, -0.2) is 39.2 Å². The van der Waals surface area contributed by atoms with E-state index in [1.807, 2.05) is 24.3 Å². The molecule has 2 rings (SSSR count). The Balaban J connectivity index is 0.00000338. The van der Waals surface area contributed by atoms with Crippen LogP contribution in [0.4, 0.5) is 0 Å². The fraction of sp³-hybridized carbons (Fsp3) is 0.368. The van der Waals surface area contributed by atoms with E-state index in [0.717, 1.165) is 30.0 Å². The summed E-state index contributed by atoms with van der Waals surface area (Å²) in [5, 5.41) is 4.62. The molecule has 0 amide bonds. The fourth-order valence-corrected chi connectivity index (χ4v) is 2.80. The predicted octanol–water partition coefficient (Wildman–Crippen LogP) is 5.08. The first-order valence-corrected chi connectivity index (χ1v) is 8.85. The SMILES string of the molecule is COc1cccc(CNCCN(C)C)c1OCc1ccc(Cl)cc1Cl.Cl.Cl. The molecule has 2 aromatic carbocycles. The molecule has 0 spiro atoms. The van der Waals surface area contributed by atoms with Gasteiger partial charge in [0.1, 0.15) is 6.61 Å². The van der Waals surface area contributed by atoms with Gasteiger partial charge in [0.2, 0.25) is 0 Å². The quantitative estimate of drug-likeness (QED) is 0.534. The number of para-hydroxylation sites is 1. The van der Waals surface area contributed by atoms with Gasteiger partial charge in [-0.05, 0) is 32.3 Å². The molecule has 0 aliphatic carbocycles. The molecule has 0 aliphatic heterocycles. The number of halogens is 4. The summed E-state index contributed by atoms with van der Waals surface area (Å²) in [7, 11) is 5.75. The molecule has 152 valence electrons. The summed E-state index contributed by atoms with van der Waals surface area (Å²) in [6.45, 7) is 2.92. The van der Waals surface area contributed by atoms with E-state index in [9.17, 15) is 0 Å². The zero-order chi connectivity index (χ0) is 18.2. The molecule has 8 heteroatoms. The van der Waals surface area contributed by atoms with Gasteiger partial charge in [-0.1, -0.05) is 41.4 Å². The maximum absolute atomic E-state index is 6.23. The Morgan fingerprint density at radius 1 is 1.04 bits per heavy atom. The maximum Gasteiger partial charge on any atom is 0.166 e. The number of methoxy groups -OCH3 is 1. The normalized spacial score (nSPS) is 10.1. The van der Waals surface area contributed by atoms with Crippen LogP contribution in [-0.2, 0) is 13.2 Å². The standard InChI is InChI=1S/C19H24Cl2N2O2.2ClH/c1-23(2)10-9-22-12-14-5-4-6-18(24-3)19(14)25-13-15-7-8-16(20)11-17(15)21;;/h4-8,11,22H,9-10,12-13H2,1-3H3;2*1H. The van der Waals surface area contributed by atoms with E-state index >= 15 is 0 Å². The average molecular weight is 456 g/mol. The third-order valence-electron chi connectivity index (χ3n) is 3.72. The van der Waals surface area contributed by atoms with Crippen molar-refractivity contribution in [3.05, 3.63) is 57.6 Å². The lowest BCUT2D eigenvalue weighted by molar-refractivity contribution is 0.280. The third-order valence-corrected chi connectivity index (χ3v) is 4.31. The van der Waals surface area contributed by atoms with Crippen molar-refractivity contribution in [3.8, 4) is 11.5 Å². The van der Waals surface area contributed by atoms with E-state index in [4.69, 9.17) is 32.7 Å². The zero-order valence-corrected chi connectivity index (χ0v) is 18.8. The van der Waals surface area contributed by atoms with Crippen LogP contribution in [0.2, 0.25) is 10.0 Å². The van der Waals surface area contributed by atoms with Crippen molar-refractivity contribution in [1.29, 1.82) is 0 Å². The Bertz CT molecular complexity index is 699. The largest absolute Gasteiger partial charge is 0.493 e. The lowest BCUT2D eigenvalue weighted by Gasteiger charge is -2.17. The van der Waals surface area contributed by atoms with Crippen LogP contribution in [0.3, 0.4) is 0 Å². The summed E-state index contributed by atoms with van der Waals surface area (Å²) >= 11 is 12.2. The van der Waals surface area contributed by atoms with Crippen LogP contribution in [0.5, 0.6) is 11.5 Å². The first kappa shape index (κ1) is 26.1. The van der Waals surface area contributed by atoms with Gasteiger partial charge in [0, 0.05) is 40.8 Å². The summed E-state index contributed by atoms with van der Waals surface area (Å²) in [6.07, 6.45) is 0. The van der Waals surface area contributed by atoms with E-state index in [1.165, 1.54) is 0 Å². The van der Waals surface area contributed by atoms with Crippen molar-refractivity contribution in [2.45, 2.75) is 13.2 Å². The number of hydrogen-bond acceptors (Lipinski definition) is 4. The molecule has 0 saturated heterocycles. The summed E-state index contributed by atoms with van der Waals surface area (Å²) in [6, 6.07) is 11.3. The molecule has 0 bridgehead atoms. The molecule has 0 unspecified atom stereocenters. The summed E-state index contributed by atoms with van der Waals surface area (Å²) < 4.78 is 11.5. The lowest BCUT2D eigenvalue weighted by Crippen LogP contribution is -2.26. The third kappa shape index (κ3) is 8.34. The molecule has 0 heterocycles. The highest BCUT2D eigenvalue weighted by atomic mass is 35.5. The van der Waals surface area contributed by atoms with E-state index in [-0.39, 0.29) is 24.8 Å². The molecule has 4 nitrogen and oxygen atoms in total. The second-order valence-electron chi connectivity index (χ2n) is 5.95. The smallest absolute Gasteiger partial charge is 0.166 e. The number of likely N-dealkylation sites (N-methyl/N-ethyl adjacent to an activating group) is 1. The van der Waals surface area contributed by atoms with Crippen molar-refractivity contribution in [2.75, 3.05) is 34.3 Å². The topological polar surface area (TPSA) is 33.7 Å². The molecule has 0 radical (unpaired) electrons. The first-order chi connectivity index (χ1) is 12.0. The maximum atomic E-state index is 6.23. The highest BCUT2D eigenvalue weighted by Gasteiger charge is 2.12. The number of rotatable bonds is 9. The van der Waals surface area contributed by atoms with Gasteiger partial charge in [-0.25, -0.2) is 0 Å². The van der Waals surface area contributed by atoms with Crippen molar-refractivity contribution >= 4 is 48.0 Å². The Morgan fingerprint density at radius 2 is 1.78 bits per heavy atom. The Morgan fingerprint density at radius 3 is 2.41 bits per heavy atom. The minimum atomic E-state index is 0. The number of benzene rings is 2. The van der Waals surface area contributed by atoms with E-state index in [1.54, 1.807) is 19.2 Å². The number of hydrogen-bond donors (Lipinski definition) is 1. The number of nitrogens with one attached hydrogen (secondary N) is 1. The molecular weight excluding hydrogens is 430 g/mol. The Hall–Kier alpha value is -0.880. The predicted molar refractivity (Wildman–Crippen MR) is 119 cm³/mol. The first-order valence-electron chi connectivity index (χ1n) is 8.09. The van der Waals surface area contributed by atoms with Crippen LogP contribution < -0.4 is 14.8 Å². The highest BCUT2D eigenvalue weighted by molar-refractivity contribution is 6.35. The van der Waals surface area contributed by atoms with Gasteiger partial charge >= 0.3 is 0 Å². The number of nitrogens with zero attached hydrogens (tertiary/aromatic N) is 1. The molecule has 1 N–H and O–H groups in total. The van der Waals surface area contributed by atoms with Crippen molar-refractivity contribution in [3.63, 3.8) is 0 Å². The molecule has 0 saturated carbocycles. The number of ether oxygens (including phenoxy) is 2. The summed E-state index contributed by atoms with van der Waals surface area (Å²) in [5.74, 6) is 1.44. The molecule has 0 aromatic heterocycles. The van der Waals surface area contributed by atoms with E-state index < -0.39 is 0 Å². The van der Waals surface area contributed by atoms with Gasteiger partial charge in [0.15, 0.2) is 11.5 Å². The molecule has 27 heavy (non-hydrogen) atoms. The zero-order valence-electron chi connectivity index (χ0n) is 15.6. The Kier molecular flexibility index (Phi) is 12.9. The van der Waals surface area contributed by atoms with Crippen LogP contribution in [0.25, 0.3) is 0 Å². The van der Waals surface area contributed by atoms with Crippen LogP contribution in [0.15, 0.2) is 36.4 Å². The van der Waals surface area contributed by atoms with Crippen molar-refractivity contribution < 1.29 is 9.47 Å². The second-order valence-corrected chi connectivity index (χ2v) is 6.80. The molecule has 0 atom stereocenters. The second kappa shape index (κ2) is 13.3. The highest BCUT2D eigenvalue weighted by Crippen LogP contribution is 2.32. The minimum Gasteiger partial charge on any atom is -0.493 e. The van der Waals surface area contributed by atoms with Gasteiger partial charge in [-0.15, -0.1) is 24.8 Å². The van der Waals surface area contributed by atoms with E-state index in [2.05, 4.69) is 24.3 Å². The van der Waals surface area contributed by atoms with Gasteiger partial charge in [-0.3, -0.25) is 0 Å². The lowest BCUT2D eigenvalue weighted by atomic mass is 10.1. The van der Waals surface area contributed by atoms with Gasteiger partial charge in [-0.2, -0.15) is 0 Å². The Labute approximate surface area is 183 Å². The van der Waals surface area contributed by atoms with Gasteiger partial charge < -0.3 is 19.7 Å². The summed E-state index contributed by atoms with van der Waals surface area (Å²) in [5.41, 5.74) is 1.92. The van der Waals surface area contributed by atoms with Gasteiger partial charge in [0.25, 0.3) is 0 Å². The van der Waals surface area contributed by atoms with Crippen LogP contribution >= 0.6 is 48.0 Å². The van der Waals surface area contributed by atoms with Crippen molar-refractivity contribution in [1.82, 2.24) is 10.2 Å². The summed E-state index contributed by atoms with van der Waals surface area (Å²) in [4.78, 5) is 2.14. The molecule has 0 aliphatic rings. The fourth-order valence-electron chi connectivity index (χ4n) is 2.34. The molecule has 0 fully saturated rings. The average Bonchev–Trinajstić information content (AvgIpc) is 2.58. The van der Waals surface area contributed by atoms with Crippen LogP contribution in [0, 0.1) is 0 Å². The van der Waals surface area contributed by atoms with Crippen LogP contribution in [0.1, 0.15) is 11.1 Å². The minimum absolute atomic E-state index is 0. The van der Waals surface area contributed by atoms with Gasteiger partial charge in [0.05, 0.1) is 7.11 Å². The molecular formula is C19H26Cl4N2O2. The molecule has 2 aromatic rings.